The Bertz CT molecular complexity index is 625. The predicted molar refractivity (Wildman–Crippen MR) is 131 cm³/mol. The van der Waals surface area contributed by atoms with Gasteiger partial charge in [0.15, 0.2) is 0 Å². The summed E-state index contributed by atoms with van der Waals surface area (Å²) < 4.78 is -0.556. The maximum absolute atomic E-state index is 5.30. The van der Waals surface area contributed by atoms with Crippen molar-refractivity contribution in [3.8, 4) is 0 Å². The molecule has 0 spiro atoms. The zero-order valence-corrected chi connectivity index (χ0v) is 22.6. The topological polar surface area (TPSA) is 0 Å². The number of halogens is 2. The summed E-state index contributed by atoms with van der Waals surface area (Å²) in [4.78, 5) is 0. The first kappa shape index (κ1) is 24.5. The van der Waals surface area contributed by atoms with E-state index in [-0.39, 0.29) is 0 Å². The van der Waals surface area contributed by atoms with Crippen molar-refractivity contribution < 1.29 is 0 Å². The van der Waals surface area contributed by atoms with Gasteiger partial charge in [-0.25, -0.2) is 0 Å². The molecule has 0 radical (unpaired) electrons. The molecule has 3 rings (SSSR count). The van der Waals surface area contributed by atoms with Crippen LogP contribution in [0.25, 0.3) is 0 Å². The summed E-state index contributed by atoms with van der Waals surface area (Å²) in [5, 5.41) is 0. The molecule has 0 aromatic rings. The number of rotatable bonds is 2. The van der Waals surface area contributed by atoms with Crippen LogP contribution >= 0.6 is 23.2 Å². The van der Waals surface area contributed by atoms with Gasteiger partial charge in [0.1, 0.15) is 4.33 Å². The zero-order chi connectivity index (χ0) is 21.6. The van der Waals surface area contributed by atoms with Crippen LogP contribution in [0.5, 0.6) is 0 Å². The molecule has 0 aromatic carbocycles. The minimum atomic E-state index is -1.23. The van der Waals surface area contributed by atoms with E-state index in [1.165, 1.54) is 25.7 Å². The van der Waals surface area contributed by atoms with Crippen LogP contribution in [0.4, 0.5) is 0 Å². The van der Waals surface area contributed by atoms with E-state index in [9.17, 15) is 0 Å². The number of hydrogen-bond donors (Lipinski definition) is 0. The maximum atomic E-state index is 5.30. The molecular weight excluding hydrogens is 399 g/mol. The van der Waals surface area contributed by atoms with Crippen LogP contribution < -0.4 is 0 Å². The molecule has 2 fully saturated rings. The minimum Gasteiger partial charge on any atom is -0.102 e. The van der Waals surface area contributed by atoms with Crippen LogP contribution in [0.3, 0.4) is 0 Å². The average molecular weight is 444 g/mol. The van der Waals surface area contributed by atoms with Crippen molar-refractivity contribution in [2.75, 3.05) is 0 Å². The van der Waals surface area contributed by atoms with Crippen LogP contribution in [0, 0.1) is 23.7 Å². The van der Waals surface area contributed by atoms with Gasteiger partial charge in [-0.05, 0) is 87.4 Å². The fraction of sp³-hybridized carbons (Fsp3) is 0.840. The summed E-state index contributed by atoms with van der Waals surface area (Å²) in [5.41, 5.74) is 8.76. The number of allylic oxidation sites excluding steroid dienone is 4. The Labute approximate surface area is 186 Å². The van der Waals surface area contributed by atoms with Gasteiger partial charge in [0.05, 0.1) is 8.07 Å². The number of hydrogen-bond acceptors (Lipinski definition) is 0. The Morgan fingerprint density at radius 3 is 1.61 bits per heavy atom. The largest absolute Gasteiger partial charge is 0.112 e. The fourth-order valence-corrected chi connectivity index (χ4v) is 12.4. The summed E-state index contributed by atoms with van der Waals surface area (Å²) in [6, 6.07) is 0. The third kappa shape index (κ3) is 4.78. The molecule has 3 heteroatoms. The van der Waals surface area contributed by atoms with E-state index >= 15 is 0 Å². The maximum Gasteiger partial charge on any atom is 0.112 e. The zero-order valence-electron chi connectivity index (χ0n) is 20.0. The van der Waals surface area contributed by atoms with Gasteiger partial charge in [0, 0.05) is 0 Å². The predicted octanol–water partition coefficient (Wildman–Crippen LogP) is 9.41. The minimum absolute atomic E-state index is 0.556. The third-order valence-corrected chi connectivity index (χ3v) is 14.0. The fourth-order valence-electron chi connectivity index (χ4n) is 6.91. The molecule has 5 atom stereocenters. The average Bonchev–Trinajstić information content (AvgIpc) is 3.18. The van der Waals surface area contributed by atoms with Crippen LogP contribution in [0.15, 0.2) is 22.3 Å². The lowest BCUT2D eigenvalue weighted by atomic mass is 9.72. The Morgan fingerprint density at radius 1 is 0.786 bits per heavy atom. The SMILES string of the molecule is CC(C)(Cl)Cl.CC1=C(C)C2C(C)C(C)C([Si](C)(C)C3CCCC3)C2C(C)=C1C. The van der Waals surface area contributed by atoms with Crippen molar-refractivity contribution in [3.63, 3.8) is 0 Å². The van der Waals surface area contributed by atoms with Crippen molar-refractivity contribution in [2.24, 2.45) is 23.7 Å². The van der Waals surface area contributed by atoms with Crippen molar-refractivity contribution in [3.05, 3.63) is 22.3 Å². The molecule has 3 aliphatic carbocycles. The van der Waals surface area contributed by atoms with Gasteiger partial charge in [-0.15, -0.1) is 23.2 Å². The van der Waals surface area contributed by atoms with Gasteiger partial charge in [0.2, 0.25) is 0 Å². The first-order valence-electron chi connectivity index (χ1n) is 11.4. The molecular formula is C25H44Cl2Si. The number of alkyl halides is 2. The van der Waals surface area contributed by atoms with E-state index in [0.717, 1.165) is 34.8 Å². The highest BCUT2D eigenvalue weighted by atomic mass is 35.5. The molecule has 0 heterocycles. The standard InChI is InChI=1S/C22H38Si.C3H6Cl2/c1-13-14(2)16(4)21-20(15(13)3)17(5)18(6)22(21)23(7,8)19-11-9-10-12-19;1-3(2,4)5/h17-22H,9-12H2,1-8H3;1-2H3. The lowest BCUT2D eigenvalue weighted by Crippen LogP contribution is -2.42. The van der Waals surface area contributed by atoms with E-state index in [0.29, 0.717) is 0 Å². The van der Waals surface area contributed by atoms with Crippen molar-refractivity contribution in [1.82, 2.24) is 0 Å². The summed E-state index contributed by atoms with van der Waals surface area (Å²) >= 11 is 10.6. The number of fused-ring (bicyclic) bond motifs is 1. The molecule has 2 saturated carbocycles. The van der Waals surface area contributed by atoms with E-state index < -0.39 is 12.4 Å². The highest BCUT2D eigenvalue weighted by Crippen LogP contribution is 2.63. The second kappa shape index (κ2) is 8.79. The van der Waals surface area contributed by atoms with E-state index in [2.05, 4.69) is 54.6 Å². The molecule has 3 aliphatic rings. The molecule has 28 heavy (non-hydrogen) atoms. The van der Waals surface area contributed by atoms with Crippen LogP contribution in [-0.2, 0) is 0 Å². The molecule has 0 N–H and O–H groups in total. The summed E-state index contributed by atoms with van der Waals surface area (Å²) in [5.74, 6) is 3.44. The lowest BCUT2D eigenvalue weighted by molar-refractivity contribution is 0.371. The molecule has 0 nitrogen and oxygen atoms in total. The molecule has 5 unspecified atom stereocenters. The van der Waals surface area contributed by atoms with Gasteiger partial charge in [-0.2, -0.15) is 0 Å². The van der Waals surface area contributed by atoms with Gasteiger partial charge in [0.25, 0.3) is 0 Å². The Morgan fingerprint density at radius 2 is 1.18 bits per heavy atom. The van der Waals surface area contributed by atoms with Crippen molar-refractivity contribution in [1.29, 1.82) is 0 Å². The second-order valence-electron chi connectivity index (χ2n) is 11.0. The van der Waals surface area contributed by atoms with Crippen LogP contribution in [0.2, 0.25) is 24.2 Å². The Balaban J connectivity index is 0.000000500. The smallest absolute Gasteiger partial charge is 0.102 e. The van der Waals surface area contributed by atoms with E-state index in [1.807, 2.05) is 0 Å². The monoisotopic (exact) mass is 442 g/mol. The van der Waals surface area contributed by atoms with E-state index in [1.54, 1.807) is 36.1 Å². The quantitative estimate of drug-likeness (QED) is 0.294. The van der Waals surface area contributed by atoms with Crippen molar-refractivity contribution in [2.45, 2.75) is 110 Å². The Kier molecular flexibility index (Phi) is 7.71. The second-order valence-corrected chi connectivity index (χ2v) is 18.3. The third-order valence-electron chi connectivity index (χ3n) is 8.75. The summed E-state index contributed by atoms with van der Waals surface area (Å²) in [6.45, 7) is 23.8. The highest BCUT2D eigenvalue weighted by molar-refractivity contribution is 6.80. The molecule has 0 saturated heterocycles. The highest BCUT2D eigenvalue weighted by Gasteiger charge is 2.56. The van der Waals surface area contributed by atoms with Gasteiger partial charge < -0.3 is 0 Å². The Hall–Kier alpha value is 0.277. The lowest BCUT2D eigenvalue weighted by Gasteiger charge is -2.44. The first-order chi connectivity index (χ1) is 12.7. The summed E-state index contributed by atoms with van der Waals surface area (Å²) in [7, 11) is -1.23. The molecule has 162 valence electrons. The molecule has 0 aliphatic heterocycles. The molecule has 0 bridgehead atoms. The van der Waals surface area contributed by atoms with Gasteiger partial charge in [-0.3, -0.25) is 0 Å². The van der Waals surface area contributed by atoms with Crippen molar-refractivity contribution >= 4 is 31.3 Å². The van der Waals surface area contributed by atoms with Gasteiger partial charge >= 0.3 is 0 Å². The molecule has 0 aromatic heterocycles. The summed E-state index contributed by atoms with van der Waals surface area (Å²) in [6.07, 6.45) is 6.06. The normalized spacial score (nSPS) is 34.5. The van der Waals surface area contributed by atoms with Crippen LogP contribution in [-0.4, -0.2) is 12.4 Å². The molecule has 0 amide bonds. The first-order valence-corrected chi connectivity index (χ1v) is 15.3. The van der Waals surface area contributed by atoms with Gasteiger partial charge in [-0.1, -0.05) is 63.8 Å². The van der Waals surface area contributed by atoms with Crippen LogP contribution in [0.1, 0.15) is 81.1 Å². The van der Waals surface area contributed by atoms with E-state index in [4.69, 9.17) is 23.2 Å².